The summed E-state index contributed by atoms with van der Waals surface area (Å²) in [4.78, 5) is 39.4. The first-order valence-electron chi connectivity index (χ1n) is 9.60. The third kappa shape index (κ3) is 5.65. The molecule has 0 aliphatic carbocycles. The highest BCUT2D eigenvalue weighted by molar-refractivity contribution is 5.93. The predicted molar refractivity (Wildman–Crippen MR) is 103 cm³/mol. The minimum Gasteiger partial charge on any atom is -0.494 e. The van der Waals surface area contributed by atoms with Crippen LogP contribution in [0.25, 0.3) is 0 Å². The molecule has 2 aromatic heterocycles. The van der Waals surface area contributed by atoms with Crippen LogP contribution in [0.4, 0.5) is 32.3 Å². The van der Waals surface area contributed by atoms with Crippen LogP contribution in [0.1, 0.15) is 36.1 Å². The van der Waals surface area contributed by atoms with Crippen molar-refractivity contribution in [2.75, 3.05) is 18.0 Å². The average Bonchev–Trinajstić information content (AvgIpc) is 2.76. The monoisotopic (exact) mass is 493 g/mol. The number of carbonyl (C=O) groups excluding carboxylic acids is 1. The lowest BCUT2D eigenvalue weighted by atomic mass is 10.1. The summed E-state index contributed by atoms with van der Waals surface area (Å²) < 4.78 is 76.6. The van der Waals surface area contributed by atoms with Crippen molar-refractivity contribution < 1.29 is 41.1 Å². The van der Waals surface area contributed by atoms with Gasteiger partial charge >= 0.3 is 12.4 Å². The van der Waals surface area contributed by atoms with Gasteiger partial charge in [-0.1, -0.05) is 6.08 Å². The van der Waals surface area contributed by atoms with Gasteiger partial charge in [-0.15, -0.1) is 0 Å². The van der Waals surface area contributed by atoms with E-state index in [0.29, 0.717) is 18.5 Å². The van der Waals surface area contributed by atoms with Gasteiger partial charge in [0, 0.05) is 36.6 Å². The van der Waals surface area contributed by atoms with Crippen LogP contribution >= 0.6 is 0 Å². The van der Waals surface area contributed by atoms with Crippen LogP contribution in [0.3, 0.4) is 0 Å². The molecule has 15 heteroatoms. The van der Waals surface area contributed by atoms with Crippen molar-refractivity contribution in [2.45, 2.75) is 31.8 Å². The molecule has 9 nitrogen and oxygen atoms in total. The molecule has 1 unspecified atom stereocenters. The van der Waals surface area contributed by atoms with Gasteiger partial charge in [0.1, 0.15) is 11.7 Å². The number of hydroxylamine groups is 1. The Morgan fingerprint density at radius 1 is 1.21 bits per heavy atom. The van der Waals surface area contributed by atoms with E-state index in [-0.39, 0.29) is 31.0 Å². The van der Waals surface area contributed by atoms with Crippen LogP contribution in [0, 0.1) is 0 Å². The highest BCUT2D eigenvalue weighted by Crippen LogP contribution is 2.32. The van der Waals surface area contributed by atoms with E-state index in [4.69, 9.17) is 4.84 Å². The van der Waals surface area contributed by atoms with E-state index < -0.39 is 52.5 Å². The van der Waals surface area contributed by atoms with Crippen molar-refractivity contribution in [3.8, 4) is 5.88 Å². The minimum atomic E-state index is -4.96. The lowest BCUT2D eigenvalue weighted by Gasteiger charge is -2.26. The van der Waals surface area contributed by atoms with Crippen molar-refractivity contribution in [3.05, 3.63) is 57.2 Å². The smallest absolute Gasteiger partial charge is 0.421 e. The highest BCUT2D eigenvalue weighted by Gasteiger charge is 2.36. The second-order valence-corrected chi connectivity index (χ2v) is 7.20. The number of H-pyrrole nitrogens is 1. The van der Waals surface area contributed by atoms with Crippen LogP contribution in [0.5, 0.6) is 5.88 Å². The van der Waals surface area contributed by atoms with Gasteiger partial charge in [0.05, 0.1) is 5.56 Å². The van der Waals surface area contributed by atoms with Crippen molar-refractivity contribution >= 4 is 11.9 Å². The number of aromatic nitrogens is 3. The number of nitrogens with zero attached hydrogens (tertiary/aromatic N) is 3. The summed E-state index contributed by atoms with van der Waals surface area (Å²) in [5.41, 5.74) is -2.16. The molecule has 1 amide bonds. The largest absolute Gasteiger partial charge is 0.494 e. The molecule has 0 fully saturated rings. The minimum absolute atomic E-state index is 0.0441. The lowest BCUT2D eigenvalue weighted by molar-refractivity contribution is -0.139. The first-order valence-corrected chi connectivity index (χ1v) is 9.60. The number of hydrogen-bond acceptors (Lipinski definition) is 7. The molecule has 34 heavy (non-hydrogen) atoms. The first kappa shape index (κ1) is 25.0. The molecule has 1 aliphatic rings. The maximum atomic E-state index is 12.9. The van der Waals surface area contributed by atoms with E-state index in [1.54, 1.807) is 4.98 Å². The number of amides is 1. The summed E-state index contributed by atoms with van der Waals surface area (Å²) in [6.07, 6.45) is -7.87. The van der Waals surface area contributed by atoms with Crippen LogP contribution in [0.2, 0.25) is 0 Å². The molecule has 0 saturated carbocycles. The van der Waals surface area contributed by atoms with Gasteiger partial charge in [-0.3, -0.25) is 19.4 Å². The summed E-state index contributed by atoms with van der Waals surface area (Å²) in [5.74, 6) is -1.51. The van der Waals surface area contributed by atoms with Gasteiger partial charge in [0.15, 0.2) is 5.88 Å². The summed E-state index contributed by atoms with van der Waals surface area (Å²) in [7, 11) is 0. The number of hydrogen-bond donors (Lipinski definition) is 3. The van der Waals surface area contributed by atoms with E-state index in [2.05, 4.69) is 15.4 Å². The number of aromatic amines is 1. The number of nitrogens with one attached hydrogen (secondary N) is 2. The van der Waals surface area contributed by atoms with E-state index in [0.717, 1.165) is 0 Å². The van der Waals surface area contributed by atoms with E-state index >= 15 is 0 Å². The van der Waals surface area contributed by atoms with Gasteiger partial charge in [-0.25, -0.2) is 15.4 Å². The normalized spacial score (nSPS) is 15.6. The van der Waals surface area contributed by atoms with E-state index in [1.807, 2.05) is 0 Å². The molecule has 1 atom stereocenters. The molecule has 0 aromatic carbocycles. The maximum absolute atomic E-state index is 12.9. The standard InChI is InChI=1S/C19H17F6N5O4/c1-9(12-6-13(19(23,24)25)16(33)28-15(12)32)34-29-14(31)10-2-4-30(5-3-10)17-26-7-11(8-27-17)18(20,21)22/h2,6-9H,3-5H2,1H3,(H,29,31)(H2,28,32,33). The fraction of sp³-hybridized carbons (Fsp3) is 0.368. The summed E-state index contributed by atoms with van der Waals surface area (Å²) in [6, 6.07) is 0.423. The molecular weight excluding hydrogens is 476 g/mol. The fourth-order valence-electron chi connectivity index (χ4n) is 3.02. The van der Waals surface area contributed by atoms with Crippen LogP contribution in [0.15, 0.2) is 34.9 Å². The predicted octanol–water partition coefficient (Wildman–Crippen LogP) is 2.85. The number of halogens is 6. The molecule has 2 aromatic rings. The SMILES string of the molecule is CC(ONC(=O)C1=CCN(c2ncc(C(F)(F)F)cn2)CC1)c1cc(C(F)(F)F)c(=O)[nH]c1O. The molecule has 3 N–H and O–H groups in total. The van der Waals surface area contributed by atoms with Crippen molar-refractivity contribution in [1.82, 2.24) is 20.4 Å². The lowest BCUT2D eigenvalue weighted by Crippen LogP contribution is -2.35. The number of anilines is 1. The number of pyridine rings is 1. The Hall–Kier alpha value is -3.62. The Labute approximate surface area is 187 Å². The summed E-state index contributed by atoms with van der Waals surface area (Å²) in [5, 5.41) is 9.76. The average molecular weight is 493 g/mol. The molecule has 1 aliphatic heterocycles. The van der Waals surface area contributed by atoms with Crippen molar-refractivity contribution in [1.29, 1.82) is 0 Å². The first-order chi connectivity index (χ1) is 15.8. The molecule has 0 saturated heterocycles. The third-order valence-electron chi connectivity index (χ3n) is 4.87. The topological polar surface area (TPSA) is 120 Å². The number of rotatable bonds is 5. The quantitative estimate of drug-likeness (QED) is 0.433. The zero-order valence-corrected chi connectivity index (χ0v) is 17.3. The van der Waals surface area contributed by atoms with Gasteiger partial charge in [-0.05, 0) is 19.4 Å². The van der Waals surface area contributed by atoms with Crippen molar-refractivity contribution in [3.63, 3.8) is 0 Å². The molecule has 184 valence electrons. The highest BCUT2D eigenvalue weighted by atomic mass is 19.4. The Balaban J connectivity index is 1.61. The Morgan fingerprint density at radius 2 is 1.85 bits per heavy atom. The van der Waals surface area contributed by atoms with Crippen LogP contribution in [-0.4, -0.2) is 39.1 Å². The van der Waals surface area contributed by atoms with Crippen LogP contribution in [-0.2, 0) is 22.0 Å². The number of alkyl halides is 6. The summed E-state index contributed by atoms with van der Waals surface area (Å²) in [6.45, 7) is 1.56. The second kappa shape index (κ2) is 9.32. The zero-order chi connectivity index (χ0) is 25.3. The second-order valence-electron chi connectivity index (χ2n) is 7.20. The maximum Gasteiger partial charge on any atom is 0.421 e. The van der Waals surface area contributed by atoms with Crippen LogP contribution < -0.4 is 15.9 Å². The Morgan fingerprint density at radius 3 is 2.38 bits per heavy atom. The van der Waals surface area contributed by atoms with Gasteiger partial charge in [0.2, 0.25) is 5.95 Å². The van der Waals surface area contributed by atoms with E-state index in [9.17, 15) is 41.0 Å². The molecular formula is C19H17F6N5O4. The Kier molecular flexibility index (Phi) is 6.86. The molecule has 0 radical (unpaired) electrons. The van der Waals surface area contributed by atoms with Gasteiger partial charge in [0.25, 0.3) is 11.5 Å². The summed E-state index contributed by atoms with van der Waals surface area (Å²) >= 11 is 0. The molecule has 3 heterocycles. The van der Waals surface area contributed by atoms with Gasteiger partial charge in [-0.2, -0.15) is 26.3 Å². The molecule has 0 spiro atoms. The Bertz CT molecular complexity index is 1140. The van der Waals surface area contributed by atoms with Gasteiger partial charge < -0.3 is 10.0 Å². The van der Waals surface area contributed by atoms with Crippen molar-refractivity contribution in [2.24, 2.45) is 0 Å². The fourth-order valence-corrected chi connectivity index (χ4v) is 3.02. The number of carbonyl (C=O) groups is 1. The molecule has 0 bridgehead atoms. The van der Waals surface area contributed by atoms with E-state index in [1.165, 1.54) is 17.9 Å². The zero-order valence-electron chi connectivity index (χ0n) is 17.3. The number of aromatic hydroxyl groups is 1. The third-order valence-corrected chi connectivity index (χ3v) is 4.87. The molecule has 3 rings (SSSR count).